The van der Waals surface area contributed by atoms with Crippen molar-refractivity contribution in [2.24, 2.45) is 5.41 Å². The highest BCUT2D eigenvalue weighted by molar-refractivity contribution is 7.52. The quantitative estimate of drug-likeness (QED) is 0.160. The van der Waals surface area contributed by atoms with Crippen LogP contribution in [0.4, 0.5) is 5.82 Å². The van der Waals surface area contributed by atoms with Crippen LogP contribution in [0.25, 0.3) is 5.52 Å². The molecule has 0 radical (unpaired) electrons. The zero-order valence-electron chi connectivity index (χ0n) is 22.2. The Labute approximate surface area is 225 Å². The molecule has 4 atom stereocenters. The number of nitrogen functional groups attached to an aromatic ring is 1. The average Bonchev–Trinajstić information content (AvgIpc) is 3.43. The van der Waals surface area contributed by atoms with E-state index in [1.54, 1.807) is 63.2 Å². The van der Waals surface area contributed by atoms with Gasteiger partial charge in [0.05, 0.1) is 24.3 Å². The minimum absolute atomic E-state index is 0.0345. The van der Waals surface area contributed by atoms with Gasteiger partial charge in [0.1, 0.15) is 35.9 Å². The number of hydrogen-bond donors (Lipinski definition) is 4. The molecule has 14 heteroatoms. The van der Waals surface area contributed by atoms with E-state index in [-0.39, 0.29) is 37.0 Å². The fourth-order valence-corrected chi connectivity index (χ4v) is 5.43. The number of carbonyl (C=O) groups is 1. The summed E-state index contributed by atoms with van der Waals surface area (Å²) in [6.07, 6.45) is -0.279. The zero-order chi connectivity index (χ0) is 28.5. The molecule has 1 aliphatic heterocycles. The number of aliphatic hydroxyl groups excluding tert-OH is 1. The Morgan fingerprint density at radius 2 is 2.00 bits per heavy atom. The maximum absolute atomic E-state index is 13.7. The van der Waals surface area contributed by atoms with Gasteiger partial charge >= 0.3 is 13.7 Å². The smallest absolute Gasteiger partial charge is 0.458 e. The van der Waals surface area contributed by atoms with Crippen molar-refractivity contribution in [1.82, 2.24) is 19.7 Å². The average molecular weight is 564 g/mol. The second-order valence-electron chi connectivity index (χ2n) is 10.6. The number of fused-ring (bicyclic) bond motifs is 1. The van der Waals surface area contributed by atoms with Crippen LogP contribution in [-0.4, -0.2) is 68.9 Å². The lowest BCUT2D eigenvalue weighted by Gasteiger charge is -2.32. The van der Waals surface area contributed by atoms with Crippen LogP contribution in [0.1, 0.15) is 33.4 Å². The van der Waals surface area contributed by atoms with Gasteiger partial charge in [-0.2, -0.15) is 5.10 Å². The number of hydrogen-bond acceptors (Lipinski definition) is 11. The molecule has 3 aromatic rings. The highest BCUT2D eigenvalue weighted by Crippen LogP contribution is 2.48. The number of anilines is 1. The molecule has 1 aliphatic rings. The van der Waals surface area contributed by atoms with Crippen LogP contribution in [-0.2, 0) is 29.0 Å². The first-order valence-electron chi connectivity index (χ1n) is 12.3. The summed E-state index contributed by atoms with van der Waals surface area (Å²) in [4.78, 5) is 16.0. The summed E-state index contributed by atoms with van der Waals surface area (Å²) in [5, 5.41) is 29.6. The van der Waals surface area contributed by atoms with Gasteiger partial charge in [-0.15, -0.1) is 0 Å². The number of ether oxygens (including phenoxy) is 2. The molecule has 13 nitrogen and oxygen atoms in total. The molecule has 1 aromatic carbocycles. The second-order valence-corrected chi connectivity index (χ2v) is 12.3. The molecule has 5 N–H and O–H groups in total. The monoisotopic (exact) mass is 563 g/mol. The van der Waals surface area contributed by atoms with E-state index in [0.29, 0.717) is 5.52 Å². The van der Waals surface area contributed by atoms with E-state index in [9.17, 15) is 19.6 Å². The molecule has 39 heavy (non-hydrogen) atoms. The van der Waals surface area contributed by atoms with Gasteiger partial charge in [0, 0.05) is 6.54 Å². The number of aliphatic hydroxyl groups is 2. The van der Waals surface area contributed by atoms with Gasteiger partial charge in [0.15, 0.2) is 11.4 Å². The molecule has 0 amide bonds. The van der Waals surface area contributed by atoms with Gasteiger partial charge in [0.2, 0.25) is 0 Å². The van der Waals surface area contributed by atoms with Crippen LogP contribution < -0.4 is 15.3 Å². The van der Waals surface area contributed by atoms with E-state index >= 15 is 0 Å². The second kappa shape index (κ2) is 10.8. The zero-order valence-corrected chi connectivity index (χ0v) is 23.1. The fourth-order valence-electron chi connectivity index (χ4n) is 4.03. The molecule has 1 saturated heterocycles. The number of nitrogens with one attached hydrogen (secondary N) is 1. The van der Waals surface area contributed by atoms with Gasteiger partial charge in [0.25, 0.3) is 0 Å². The Hall–Kier alpha value is -3.06. The van der Waals surface area contributed by atoms with Crippen LogP contribution in [0.15, 0.2) is 48.8 Å². The highest BCUT2D eigenvalue weighted by Gasteiger charge is 2.58. The largest absolute Gasteiger partial charge is 0.464 e. The Kier molecular flexibility index (Phi) is 8.04. The third kappa shape index (κ3) is 6.08. The lowest BCUT2D eigenvalue weighted by molar-refractivity contribution is -0.152. The summed E-state index contributed by atoms with van der Waals surface area (Å²) < 4.78 is 37.5. The van der Waals surface area contributed by atoms with E-state index in [4.69, 9.17) is 24.3 Å². The third-order valence-corrected chi connectivity index (χ3v) is 7.85. The summed E-state index contributed by atoms with van der Waals surface area (Å²) in [6, 6.07) is 11.6. The molecule has 3 heterocycles. The van der Waals surface area contributed by atoms with Crippen LogP contribution in [0, 0.1) is 5.41 Å². The van der Waals surface area contributed by atoms with Crippen molar-refractivity contribution in [3.8, 4) is 5.75 Å². The topological polar surface area (TPSA) is 180 Å². The Balaban J connectivity index is 1.48. The number of nitrogens with two attached hydrogens (primary N) is 1. The molecule has 0 bridgehead atoms. The molecule has 0 saturated carbocycles. The number of aromatic nitrogens is 3. The van der Waals surface area contributed by atoms with Crippen LogP contribution in [0.2, 0.25) is 0 Å². The molecular formula is C25H34N5O8P. The minimum Gasteiger partial charge on any atom is -0.464 e. The Morgan fingerprint density at radius 1 is 1.28 bits per heavy atom. The fraction of sp³-hybridized carbons (Fsp3) is 0.480. The summed E-state index contributed by atoms with van der Waals surface area (Å²) in [5.74, 6) is 0.0623. The van der Waals surface area contributed by atoms with Crippen LogP contribution in [0.3, 0.4) is 0 Å². The number of esters is 1. The van der Waals surface area contributed by atoms with E-state index in [2.05, 4.69) is 15.2 Å². The van der Waals surface area contributed by atoms with Crippen molar-refractivity contribution in [1.29, 1.82) is 0 Å². The van der Waals surface area contributed by atoms with Gasteiger partial charge in [-0.1, -0.05) is 18.2 Å². The third-order valence-electron chi connectivity index (χ3n) is 6.32. The van der Waals surface area contributed by atoms with Gasteiger partial charge in [-0.25, -0.2) is 19.2 Å². The van der Waals surface area contributed by atoms with Crippen LogP contribution in [0.5, 0.6) is 5.75 Å². The predicted molar refractivity (Wildman–Crippen MR) is 141 cm³/mol. The van der Waals surface area contributed by atoms with Crippen molar-refractivity contribution < 1.29 is 38.1 Å². The number of para-hydroxylation sites is 1. The maximum atomic E-state index is 13.7. The first-order valence-corrected chi connectivity index (χ1v) is 13.9. The van der Waals surface area contributed by atoms with Gasteiger partial charge < -0.3 is 29.9 Å². The molecule has 212 valence electrons. The summed E-state index contributed by atoms with van der Waals surface area (Å²) in [5.41, 5.74) is 2.53. The number of carbonyl (C=O) groups excluding carboxylic acids is 1. The summed E-state index contributed by atoms with van der Waals surface area (Å²) in [7, 11) is -4.07. The van der Waals surface area contributed by atoms with Crippen molar-refractivity contribution >= 4 is 25.1 Å². The molecule has 0 spiro atoms. The number of benzene rings is 1. The molecular weight excluding hydrogens is 529 g/mol. The molecule has 2 aromatic heterocycles. The lowest BCUT2D eigenvalue weighted by atomic mass is 9.86. The number of rotatable bonds is 10. The first-order chi connectivity index (χ1) is 18.3. The van der Waals surface area contributed by atoms with Gasteiger partial charge in [-0.3, -0.25) is 9.32 Å². The standard InChI is InChI=1S/C25H34N5O8P/c1-23(2,3)22(32)35-13-12-29-39(34,38-17-8-6-5-7-9-17)37-14-24(4)21(31)25(33,15-36-24)19-11-10-18-20(26)27-16-28-30(18)19/h5-11,16,21,31,33H,12-15H2,1-4H3,(H,29,34)(H2,26,27,28)/t21-,24-,25?,39?/m1/s1. The van der Waals surface area contributed by atoms with Crippen molar-refractivity contribution in [2.45, 2.75) is 45.0 Å². The Morgan fingerprint density at radius 3 is 2.69 bits per heavy atom. The molecule has 1 fully saturated rings. The predicted octanol–water partition coefficient (Wildman–Crippen LogP) is 2.03. The number of nitrogens with zero attached hydrogens (tertiary/aromatic N) is 3. The van der Waals surface area contributed by atoms with E-state index in [1.165, 1.54) is 17.8 Å². The van der Waals surface area contributed by atoms with Crippen LogP contribution >= 0.6 is 7.75 Å². The lowest BCUT2D eigenvalue weighted by Crippen LogP contribution is -2.50. The minimum atomic E-state index is -4.07. The highest BCUT2D eigenvalue weighted by atomic mass is 31.2. The molecule has 0 aliphatic carbocycles. The normalized spacial score (nSPS) is 24.9. The molecule has 4 rings (SSSR count). The maximum Gasteiger partial charge on any atom is 0.458 e. The van der Waals surface area contributed by atoms with Crippen molar-refractivity contribution in [2.75, 3.05) is 32.1 Å². The first kappa shape index (κ1) is 28.9. The van der Waals surface area contributed by atoms with Crippen molar-refractivity contribution in [3.05, 3.63) is 54.5 Å². The Bertz CT molecular complexity index is 1360. The summed E-state index contributed by atoms with van der Waals surface area (Å²) in [6.45, 7) is 5.86. The van der Waals surface area contributed by atoms with Gasteiger partial charge in [-0.05, 0) is 52.0 Å². The molecule has 2 unspecified atom stereocenters. The van der Waals surface area contributed by atoms with E-state index < -0.39 is 43.0 Å². The van der Waals surface area contributed by atoms with E-state index in [1.807, 2.05) is 0 Å². The SMILES string of the molecule is CC(C)(C)C(=O)OCCNP(=O)(OC[C@@]1(C)OCC(O)(c2ccc3c(N)ncnn23)[C@@H]1O)Oc1ccccc1. The van der Waals surface area contributed by atoms with E-state index in [0.717, 1.165) is 0 Å². The summed E-state index contributed by atoms with van der Waals surface area (Å²) >= 11 is 0. The van der Waals surface area contributed by atoms with Crippen molar-refractivity contribution in [3.63, 3.8) is 0 Å².